The molecule has 254 valence electrons. The number of aliphatic carboxylic acids is 1. The number of likely N-dealkylation sites (tertiary alicyclic amines) is 1. The van der Waals surface area contributed by atoms with Crippen LogP contribution in [0.25, 0.3) is 10.9 Å². The number of nitrogens with one attached hydrogen (secondary N) is 2. The minimum atomic E-state index is -4.50. The summed E-state index contributed by atoms with van der Waals surface area (Å²) in [5, 5.41) is 16.4. The Balaban J connectivity index is 0.00000192. The van der Waals surface area contributed by atoms with Gasteiger partial charge in [-0.05, 0) is 61.7 Å². The largest absolute Gasteiger partial charge is 0.495 e. The number of amides is 2. The van der Waals surface area contributed by atoms with E-state index in [2.05, 4.69) is 28.2 Å². The van der Waals surface area contributed by atoms with Crippen LogP contribution < -0.4 is 26.8 Å². The Morgan fingerprint density at radius 1 is 1.21 bits per heavy atom. The third kappa shape index (κ3) is 10.3. The number of benzene rings is 2. The van der Waals surface area contributed by atoms with Crippen LogP contribution in [0.2, 0.25) is 0 Å². The lowest BCUT2D eigenvalue weighted by molar-refractivity contribution is -0.140. The van der Waals surface area contributed by atoms with E-state index in [9.17, 15) is 32.3 Å². The number of fused-ring (bicyclic) bond motifs is 1. The molecule has 4 rings (SSSR count). The zero-order chi connectivity index (χ0) is 34.7. The number of nitrogens with zero attached hydrogens (tertiary/aromatic N) is 2. The van der Waals surface area contributed by atoms with Crippen molar-refractivity contribution in [2.24, 2.45) is 11.5 Å². The lowest BCUT2D eigenvalue weighted by atomic mass is 9.93. The van der Waals surface area contributed by atoms with Gasteiger partial charge in [0.2, 0.25) is 12.3 Å². The average molecular weight is 663 g/mol. The average Bonchev–Trinajstić information content (AvgIpc) is 3.33. The molecule has 1 aliphatic heterocycles. The summed E-state index contributed by atoms with van der Waals surface area (Å²) in [6, 6.07) is 10.8. The van der Waals surface area contributed by atoms with E-state index in [1.165, 1.54) is 13.2 Å². The number of methoxy groups -OCH3 is 1. The van der Waals surface area contributed by atoms with Crippen LogP contribution in [0.1, 0.15) is 36.4 Å². The first kappa shape index (κ1) is 36.5. The molecule has 1 aliphatic rings. The second-order valence-electron chi connectivity index (χ2n) is 10.9. The van der Waals surface area contributed by atoms with Crippen molar-refractivity contribution >= 4 is 40.6 Å². The van der Waals surface area contributed by atoms with E-state index in [1.54, 1.807) is 36.4 Å². The first-order chi connectivity index (χ1) is 22.3. The molecular formula is C32H38F4N6O5. The van der Waals surface area contributed by atoms with Gasteiger partial charge in [-0.3, -0.25) is 14.4 Å². The molecule has 7 N–H and O–H groups in total. The number of halogens is 4. The molecule has 0 radical (unpaired) electrons. The van der Waals surface area contributed by atoms with Gasteiger partial charge < -0.3 is 41.4 Å². The van der Waals surface area contributed by atoms with Crippen molar-refractivity contribution in [1.29, 1.82) is 0 Å². The number of carbonyl (C=O) groups excluding carboxylic acids is 2. The summed E-state index contributed by atoms with van der Waals surface area (Å²) in [6.45, 7) is -0.226. The van der Waals surface area contributed by atoms with E-state index >= 15 is 0 Å². The van der Waals surface area contributed by atoms with Gasteiger partial charge in [0.15, 0.2) is 0 Å². The Morgan fingerprint density at radius 2 is 1.94 bits per heavy atom. The predicted octanol–water partition coefficient (Wildman–Crippen LogP) is 3.67. The summed E-state index contributed by atoms with van der Waals surface area (Å²) in [5.74, 6) is 3.34. The van der Waals surface area contributed by atoms with Gasteiger partial charge in [-0.2, -0.15) is 13.2 Å². The Hall–Kier alpha value is -4.97. The molecule has 0 bridgehead atoms. The van der Waals surface area contributed by atoms with Gasteiger partial charge in [0, 0.05) is 30.6 Å². The fourth-order valence-electron chi connectivity index (χ4n) is 5.35. The molecule has 3 aromatic rings. The number of alkyl halides is 4. The highest BCUT2D eigenvalue weighted by molar-refractivity contribution is 5.94. The highest BCUT2D eigenvalue weighted by atomic mass is 19.4. The van der Waals surface area contributed by atoms with Crippen molar-refractivity contribution in [3.05, 3.63) is 53.7 Å². The maximum Gasteiger partial charge on any atom is 0.406 e. The molecule has 1 fully saturated rings. The number of primary amides is 2. The Bertz CT molecular complexity index is 1620. The van der Waals surface area contributed by atoms with E-state index in [4.69, 9.17) is 15.3 Å². The molecule has 3 unspecified atom stereocenters. The number of piperidine rings is 1. The highest BCUT2D eigenvalue weighted by Gasteiger charge is 2.31. The molecule has 0 spiro atoms. The van der Waals surface area contributed by atoms with Crippen molar-refractivity contribution in [3.63, 3.8) is 0 Å². The van der Waals surface area contributed by atoms with Crippen LogP contribution in [-0.4, -0.2) is 85.0 Å². The van der Waals surface area contributed by atoms with E-state index in [0.717, 1.165) is 4.57 Å². The minimum Gasteiger partial charge on any atom is -0.495 e. The van der Waals surface area contributed by atoms with Crippen molar-refractivity contribution in [2.45, 2.75) is 50.1 Å². The molecule has 3 atom stereocenters. The molecule has 1 saturated heterocycles. The molecule has 47 heavy (non-hydrogen) atoms. The Kier molecular flexibility index (Phi) is 12.9. The van der Waals surface area contributed by atoms with Crippen LogP contribution in [0.5, 0.6) is 5.75 Å². The smallest absolute Gasteiger partial charge is 0.406 e. The van der Waals surface area contributed by atoms with Crippen molar-refractivity contribution in [3.8, 4) is 17.6 Å². The lowest BCUT2D eigenvalue weighted by Crippen LogP contribution is -2.46. The third-order valence-electron chi connectivity index (χ3n) is 7.56. The quantitative estimate of drug-likeness (QED) is 0.118. The Labute approximate surface area is 269 Å². The van der Waals surface area contributed by atoms with Gasteiger partial charge in [-0.25, -0.2) is 4.39 Å². The zero-order valence-corrected chi connectivity index (χ0v) is 25.9. The number of carboxylic acids is 1. The normalized spacial score (nSPS) is 17.0. The fraction of sp³-hybridized carbons (Fsp3) is 0.406. The van der Waals surface area contributed by atoms with Gasteiger partial charge >= 0.3 is 12.1 Å². The van der Waals surface area contributed by atoms with Gasteiger partial charge in [0.25, 0.3) is 0 Å². The fourth-order valence-corrected chi connectivity index (χ4v) is 5.35. The molecule has 2 aromatic carbocycles. The monoisotopic (exact) mass is 662 g/mol. The van der Waals surface area contributed by atoms with Crippen LogP contribution in [-0.2, 0) is 20.9 Å². The third-order valence-corrected chi connectivity index (χ3v) is 7.56. The predicted molar refractivity (Wildman–Crippen MR) is 170 cm³/mol. The topological polar surface area (TPSA) is 165 Å². The number of ether oxygens (including phenoxy) is 1. The van der Waals surface area contributed by atoms with Gasteiger partial charge in [-0.1, -0.05) is 18.1 Å². The lowest BCUT2D eigenvalue weighted by Gasteiger charge is -2.33. The Morgan fingerprint density at radius 3 is 2.55 bits per heavy atom. The molecule has 15 heteroatoms. The maximum absolute atomic E-state index is 14.7. The number of aromatic nitrogens is 1. The highest BCUT2D eigenvalue weighted by Crippen LogP contribution is 2.33. The van der Waals surface area contributed by atoms with E-state index in [-0.39, 0.29) is 38.0 Å². The molecule has 1 aromatic heterocycles. The number of rotatable bonds is 11. The van der Waals surface area contributed by atoms with Crippen molar-refractivity contribution in [1.82, 2.24) is 9.47 Å². The van der Waals surface area contributed by atoms with Crippen molar-refractivity contribution in [2.75, 3.05) is 44.4 Å². The molecule has 0 aliphatic carbocycles. The molecule has 0 saturated carbocycles. The second-order valence-corrected chi connectivity index (χ2v) is 10.9. The number of nitrogens with two attached hydrogens (primary N) is 2. The molecule has 2 heterocycles. The van der Waals surface area contributed by atoms with Crippen LogP contribution in [0.4, 0.5) is 28.9 Å². The zero-order valence-electron chi connectivity index (χ0n) is 25.9. The minimum absolute atomic E-state index is 0.0294. The van der Waals surface area contributed by atoms with E-state index in [0.29, 0.717) is 46.6 Å². The number of hydrogen-bond donors (Lipinski definition) is 5. The van der Waals surface area contributed by atoms with E-state index in [1.807, 2.05) is 11.9 Å². The SMILES string of the molecule is COc1cc(C(CCC(N)=O)C(=O)O)ccc1NCC#Cc1cc2c(NC3CCN(C)CC3F)cccc2n1CC(F)(F)F.NC=O. The summed E-state index contributed by atoms with van der Waals surface area (Å²) in [4.78, 5) is 33.4. The first-order valence-corrected chi connectivity index (χ1v) is 14.6. The molecular weight excluding hydrogens is 624 g/mol. The number of carbonyl (C=O) groups is 3. The summed E-state index contributed by atoms with van der Waals surface area (Å²) >= 11 is 0. The van der Waals surface area contributed by atoms with Crippen LogP contribution in [0, 0.1) is 11.8 Å². The summed E-state index contributed by atoms with van der Waals surface area (Å²) in [7, 11) is 3.25. The van der Waals surface area contributed by atoms with Crippen LogP contribution in [0.3, 0.4) is 0 Å². The maximum atomic E-state index is 14.7. The summed E-state index contributed by atoms with van der Waals surface area (Å²) in [6.07, 6.45) is -4.87. The van der Waals surface area contributed by atoms with Gasteiger partial charge in [-0.15, -0.1) is 0 Å². The molecule has 2 amide bonds. The summed E-state index contributed by atoms with van der Waals surface area (Å²) < 4.78 is 62.0. The number of carboxylic acid groups (broad SMARTS) is 1. The molecule has 11 nitrogen and oxygen atoms in total. The van der Waals surface area contributed by atoms with Gasteiger partial charge in [0.05, 0.1) is 42.5 Å². The number of hydrogen-bond acceptors (Lipinski definition) is 7. The van der Waals surface area contributed by atoms with Crippen LogP contribution >= 0.6 is 0 Å². The van der Waals surface area contributed by atoms with Gasteiger partial charge in [0.1, 0.15) is 18.5 Å². The first-order valence-electron chi connectivity index (χ1n) is 14.6. The standard InChI is InChI=1S/C31H35F4N5O4.CH3NO/c1-39-14-12-25(23(32)17-39)38-24-6-3-7-27-22(24)16-20(40(27)18-31(33,34)35)5-4-13-37-26-10-8-19(15-28(26)44-2)21(30(42)43)9-11-29(36)41;2-1-3/h3,6-8,10,15-16,21,23,25,37-38H,9,11-14,17-18H2,1-2H3,(H2,36,41)(H,42,43);1H,(H2,2,3). The van der Waals surface area contributed by atoms with Crippen LogP contribution in [0.15, 0.2) is 42.5 Å². The number of anilines is 2. The second kappa shape index (κ2) is 16.5. The summed E-state index contributed by atoms with van der Waals surface area (Å²) in [5.41, 5.74) is 11.3. The van der Waals surface area contributed by atoms with E-state index < -0.39 is 42.7 Å². The van der Waals surface area contributed by atoms with Crippen molar-refractivity contribution < 1.29 is 41.8 Å².